The quantitative estimate of drug-likeness (QED) is 0.619. The summed E-state index contributed by atoms with van der Waals surface area (Å²) in [6.45, 7) is 7.20. The molecule has 0 heterocycles. The van der Waals surface area contributed by atoms with Gasteiger partial charge in [-0.15, -0.1) is 0 Å². The molecule has 2 aliphatic carbocycles. The average molecular weight is 180 g/mol. The minimum atomic E-state index is 0.217. The number of hydrogen-bond donors (Lipinski definition) is 0. The second-order valence-electron chi connectivity index (χ2n) is 3.87. The van der Waals surface area contributed by atoms with E-state index in [0.29, 0.717) is 11.8 Å². The summed E-state index contributed by atoms with van der Waals surface area (Å²) in [5, 5.41) is 0. The van der Waals surface area contributed by atoms with Crippen LogP contribution in [-0.4, -0.2) is 12.2 Å². The molecule has 0 aromatic carbocycles. The SMILES string of the molecule is C=COC1C2CCC(C2)C1OC=C. The zero-order chi connectivity index (χ0) is 9.26. The fourth-order valence-corrected chi connectivity index (χ4v) is 2.79. The number of hydrogen-bond acceptors (Lipinski definition) is 2. The summed E-state index contributed by atoms with van der Waals surface area (Å²) in [7, 11) is 0. The average Bonchev–Trinajstić information content (AvgIpc) is 2.69. The Balaban J connectivity index is 2.05. The van der Waals surface area contributed by atoms with E-state index in [0.717, 1.165) is 0 Å². The van der Waals surface area contributed by atoms with Crippen LogP contribution in [0, 0.1) is 11.8 Å². The summed E-state index contributed by atoms with van der Waals surface area (Å²) in [5.74, 6) is 1.35. The molecule has 0 N–H and O–H groups in total. The lowest BCUT2D eigenvalue weighted by atomic mass is 9.95. The Morgan fingerprint density at radius 3 is 1.77 bits per heavy atom. The highest BCUT2D eigenvalue weighted by molar-refractivity contribution is 5.00. The molecule has 2 nitrogen and oxygen atoms in total. The van der Waals surface area contributed by atoms with E-state index < -0.39 is 0 Å². The largest absolute Gasteiger partial charge is 0.494 e. The summed E-state index contributed by atoms with van der Waals surface area (Å²) >= 11 is 0. The van der Waals surface area contributed by atoms with E-state index in [9.17, 15) is 0 Å². The molecular formula is C11H16O2. The van der Waals surface area contributed by atoms with Crippen LogP contribution in [0.1, 0.15) is 19.3 Å². The monoisotopic (exact) mass is 180 g/mol. The Labute approximate surface area is 79.2 Å². The van der Waals surface area contributed by atoms with Crippen LogP contribution in [-0.2, 0) is 9.47 Å². The first-order chi connectivity index (χ1) is 6.36. The molecule has 2 fully saturated rings. The first kappa shape index (κ1) is 8.67. The van der Waals surface area contributed by atoms with Gasteiger partial charge in [-0.2, -0.15) is 0 Å². The third-order valence-corrected chi connectivity index (χ3v) is 3.27. The second kappa shape index (κ2) is 3.44. The molecule has 0 radical (unpaired) electrons. The van der Waals surface area contributed by atoms with Gasteiger partial charge in [0.25, 0.3) is 0 Å². The maximum absolute atomic E-state index is 5.49. The first-order valence-corrected chi connectivity index (χ1v) is 4.89. The molecule has 0 aliphatic heterocycles. The van der Waals surface area contributed by atoms with Gasteiger partial charge in [0, 0.05) is 0 Å². The Kier molecular flexibility index (Phi) is 2.30. The maximum atomic E-state index is 5.49. The molecule has 2 heteroatoms. The lowest BCUT2D eigenvalue weighted by Gasteiger charge is -2.29. The molecule has 2 bridgehead atoms. The molecule has 2 saturated carbocycles. The fraction of sp³-hybridized carbons (Fsp3) is 0.636. The minimum absolute atomic E-state index is 0.217. The van der Waals surface area contributed by atoms with Crippen molar-refractivity contribution in [3.05, 3.63) is 25.7 Å². The smallest absolute Gasteiger partial charge is 0.137 e. The predicted octanol–water partition coefficient (Wildman–Crippen LogP) is 2.47. The molecule has 2 aliphatic rings. The summed E-state index contributed by atoms with van der Waals surface area (Å²) in [6.07, 6.45) is 7.30. The molecule has 2 rings (SSSR count). The van der Waals surface area contributed by atoms with Gasteiger partial charge < -0.3 is 9.47 Å². The van der Waals surface area contributed by atoms with Gasteiger partial charge in [-0.1, -0.05) is 13.2 Å². The lowest BCUT2D eigenvalue weighted by Crippen LogP contribution is -2.34. The van der Waals surface area contributed by atoms with Crippen molar-refractivity contribution in [3.8, 4) is 0 Å². The molecular weight excluding hydrogens is 164 g/mol. The Morgan fingerprint density at radius 2 is 1.38 bits per heavy atom. The van der Waals surface area contributed by atoms with Crippen molar-refractivity contribution < 1.29 is 9.47 Å². The van der Waals surface area contributed by atoms with Gasteiger partial charge in [-0.25, -0.2) is 0 Å². The van der Waals surface area contributed by atoms with E-state index in [2.05, 4.69) is 13.2 Å². The zero-order valence-corrected chi connectivity index (χ0v) is 7.82. The summed E-state index contributed by atoms with van der Waals surface area (Å²) in [6, 6.07) is 0. The van der Waals surface area contributed by atoms with Crippen LogP contribution >= 0.6 is 0 Å². The first-order valence-electron chi connectivity index (χ1n) is 4.89. The highest BCUT2D eigenvalue weighted by Crippen LogP contribution is 2.47. The van der Waals surface area contributed by atoms with Gasteiger partial charge in [0.2, 0.25) is 0 Å². The summed E-state index contributed by atoms with van der Waals surface area (Å²) < 4.78 is 11.0. The summed E-state index contributed by atoms with van der Waals surface area (Å²) in [5.41, 5.74) is 0. The second-order valence-corrected chi connectivity index (χ2v) is 3.87. The fourth-order valence-electron chi connectivity index (χ4n) is 2.79. The van der Waals surface area contributed by atoms with Gasteiger partial charge in [-0.05, 0) is 31.1 Å². The van der Waals surface area contributed by atoms with Crippen LogP contribution in [0.15, 0.2) is 25.7 Å². The highest BCUT2D eigenvalue weighted by Gasteiger charge is 2.49. The van der Waals surface area contributed by atoms with Crippen LogP contribution in [0.3, 0.4) is 0 Å². The molecule has 0 spiro atoms. The number of ether oxygens (including phenoxy) is 2. The van der Waals surface area contributed by atoms with Crippen molar-refractivity contribution in [2.75, 3.05) is 0 Å². The molecule has 72 valence electrons. The Hall–Kier alpha value is -0.920. The van der Waals surface area contributed by atoms with Crippen LogP contribution in [0.2, 0.25) is 0 Å². The van der Waals surface area contributed by atoms with Crippen molar-refractivity contribution in [1.82, 2.24) is 0 Å². The zero-order valence-electron chi connectivity index (χ0n) is 7.82. The van der Waals surface area contributed by atoms with Crippen LogP contribution in [0.25, 0.3) is 0 Å². The van der Waals surface area contributed by atoms with E-state index in [1.54, 1.807) is 0 Å². The third kappa shape index (κ3) is 1.34. The van der Waals surface area contributed by atoms with Crippen molar-refractivity contribution in [2.45, 2.75) is 31.5 Å². The Morgan fingerprint density at radius 1 is 0.923 bits per heavy atom. The van der Waals surface area contributed by atoms with Gasteiger partial charge in [0.15, 0.2) is 0 Å². The van der Waals surface area contributed by atoms with E-state index >= 15 is 0 Å². The lowest BCUT2D eigenvalue weighted by molar-refractivity contribution is -0.0321. The van der Waals surface area contributed by atoms with Crippen LogP contribution < -0.4 is 0 Å². The predicted molar refractivity (Wildman–Crippen MR) is 51.0 cm³/mol. The van der Waals surface area contributed by atoms with E-state index in [1.165, 1.54) is 31.8 Å². The van der Waals surface area contributed by atoms with Crippen molar-refractivity contribution in [2.24, 2.45) is 11.8 Å². The van der Waals surface area contributed by atoms with Crippen LogP contribution in [0.4, 0.5) is 0 Å². The van der Waals surface area contributed by atoms with Gasteiger partial charge in [-0.3, -0.25) is 0 Å². The molecule has 13 heavy (non-hydrogen) atoms. The number of fused-ring (bicyclic) bond motifs is 2. The molecule has 0 amide bonds. The molecule has 0 saturated heterocycles. The Bertz CT molecular complexity index is 190. The normalized spacial score (nSPS) is 41.5. The van der Waals surface area contributed by atoms with Crippen LogP contribution in [0.5, 0.6) is 0 Å². The topological polar surface area (TPSA) is 18.5 Å². The minimum Gasteiger partial charge on any atom is -0.494 e. The van der Waals surface area contributed by atoms with E-state index in [-0.39, 0.29) is 12.2 Å². The summed E-state index contributed by atoms with van der Waals surface area (Å²) in [4.78, 5) is 0. The van der Waals surface area contributed by atoms with Crippen molar-refractivity contribution in [3.63, 3.8) is 0 Å². The van der Waals surface area contributed by atoms with Crippen molar-refractivity contribution in [1.29, 1.82) is 0 Å². The van der Waals surface area contributed by atoms with Crippen molar-refractivity contribution >= 4 is 0 Å². The third-order valence-electron chi connectivity index (χ3n) is 3.27. The standard InChI is InChI=1S/C11H16O2/c1-3-12-10-8-5-6-9(7-8)11(10)13-4-2/h3-4,8-11H,1-2,5-7H2. The molecule has 0 aromatic rings. The molecule has 4 atom stereocenters. The highest BCUT2D eigenvalue weighted by atomic mass is 16.5. The van der Waals surface area contributed by atoms with E-state index in [1.807, 2.05) is 0 Å². The van der Waals surface area contributed by atoms with Gasteiger partial charge in [0.05, 0.1) is 12.5 Å². The maximum Gasteiger partial charge on any atom is 0.137 e. The number of rotatable bonds is 4. The molecule has 4 unspecified atom stereocenters. The van der Waals surface area contributed by atoms with E-state index in [4.69, 9.17) is 9.47 Å². The van der Waals surface area contributed by atoms with Gasteiger partial charge in [0.1, 0.15) is 12.2 Å². The molecule has 0 aromatic heterocycles. The van der Waals surface area contributed by atoms with Gasteiger partial charge >= 0.3 is 0 Å².